The Labute approximate surface area is 82.3 Å². The van der Waals surface area contributed by atoms with Crippen LogP contribution in [0.2, 0.25) is 0 Å². The van der Waals surface area contributed by atoms with Crippen molar-refractivity contribution >= 4 is 11.7 Å². The molecule has 1 aromatic heterocycles. The lowest BCUT2D eigenvalue weighted by molar-refractivity contribution is 0.0918. The van der Waals surface area contributed by atoms with Crippen molar-refractivity contribution in [3.63, 3.8) is 0 Å². The SMILES string of the molecule is CNc1[nH]ncc1C(=O)NC1CCC1. The number of H-pyrrole nitrogens is 1. The van der Waals surface area contributed by atoms with Gasteiger partial charge in [0.25, 0.3) is 5.91 Å². The van der Waals surface area contributed by atoms with Crippen LogP contribution in [-0.4, -0.2) is 29.2 Å². The molecule has 5 nitrogen and oxygen atoms in total. The van der Waals surface area contributed by atoms with E-state index in [9.17, 15) is 4.79 Å². The van der Waals surface area contributed by atoms with Gasteiger partial charge in [-0.3, -0.25) is 9.89 Å². The third kappa shape index (κ3) is 1.57. The molecule has 1 fully saturated rings. The molecule has 0 aliphatic heterocycles. The van der Waals surface area contributed by atoms with Crippen molar-refractivity contribution in [1.29, 1.82) is 0 Å². The first-order valence-corrected chi connectivity index (χ1v) is 4.83. The van der Waals surface area contributed by atoms with Crippen LogP contribution >= 0.6 is 0 Å². The molecule has 0 aromatic carbocycles. The van der Waals surface area contributed by atoms with Crippen molar-refractivity contribution in [3.05, 3.63) is 11.8 Å². The average molecular weight is 194 g/mol. The maximum Gasteiger partial charge on any atom is 0.256 e. The molecule has 0 unspecified atom stereocenters. The molecule has 0 radical (unpaired) electrons. The summed E-state index contributed by atoms with van der Waals surface area (Å²) in [5, 5.41) is 12.4. The van der Waals surface area contributed by atoms with Crippen LogP contribution in [0.4, 0.5) is 5.82 Å². The second kappa shape index (κ2) is 3.69. The maximum absolute atomic E-state index is 11.7. The fourth-order valence-electron chi connectivity index (χ4n) is 1.46. The molecule has 5 heteroatoms. The Balaban J connectivity index is 2.02. The molecule has 2 rings (SSSR count). The van der Waals surface area contributed by atoms with Gasteiger partial charge in [-0.25, -0.2) is 0 Å². The average Bonchev–Trinajstić information content (AvgIpc) is 2.58. The van der Waals surface area contributed by atoms with Crippen LogP contribution < -0.4 is 10.6 Å². The summed E-state index contributed by atoms with van der Waals surface area (Å²) in [7, 11) is 1.76. The Morgan fingerprint density at radius 3 is 3.00 bits per heavy atom. The summed E-state index contributed by atoms with van der Waals surface area (Å²) in [5.41, 5.74) is 0.583. The van der Waals surface area contributed by atoms with Crippen molar-refractivity contribution < 1.29 is 4.79 Å². The smallest absolute Gasteiger partial charge is 0.256 e. The van der Waals surface area contributed by atoms with Gasteiger partial charge in [0.05, 0.1) is 6.20 Å². The first-order valence-electron chi connectivity index (χ1n) is 4.83. The van der Waals surface area contributed by atoms with E-state index in [2.05, 4.69) is 20.8 Å². The predicted molar refractivity (Wildman–Crippen MR) is 53.2 cm³/mol. The Kier molecular flexibility index (Phi) is 2.39. The third-order valence-electron chi connectivity index (χ3n) is 2.57. The Bertz CT molecular complexity index is 329. The van der Waals surface area contributed by atoms with E-state index >= 15 is 0 Å². The number of aromatic nitrogens is 2. The van der Waals surface area contributed by atoms with E-state index in [1.807, 2.05) is 0 Å². The Morgan fingerprint density at radius 1 is 1.64 bits per heavy atom. The van der Waals surface area contributed by atoms with Crippen LogP contribution in [0.5, 0.6) is 0 Å². The van der Waals surface area contributed by atoms with Gasteiger partial charge in [0.15, 0.2) is 0 Å². The summed E-state index contributed by atoms with van der Waals surface area (Å²) in [4.78, 5) is 11.7. The highest BCUT2D eigenvalue weighted by Crippen LogP contribution is 2.19. The number of nitrogens with zero attached hydrogens (tertiary/aromatic N) is 1. The lowest BCUT2D eigenvalue weighted by Crippen LogP contribution is -2.39. The van der Waals surface area contributed by atoms with E-state index < -0.39 is 0 Å². The zero-order valence-corrected chi connectivity index (χ0v) is 8.13. The predicted octanol–water partition coefficient (Wildman–Crippen LogP) is 0.734. The van der Waals surface area contributed by atoms with Crippen LogP contribution in [0.1, 0.15) is 29.6 Å². The fourth-order valence-corrected chi connectivity index (χ4v) is 1.46. The summed E-state index contributed by atoms with van der Waals surface area (Å²) in [6, 6.07) is 0.363. The monoisotopic (exact) mass is 194 g/mol. The zero-order valence-electron chi connectivity index (χ0n) is 8.13. The minimum atomic E-state index is -0.0483. The molecule has 0 spiro atoms. The second-order valence-electron chi connectivity index (χ2n) is 3.51. The van der Waals surface area contributed by atoms with Gasteiger partial charge in [-0.2, -0.15) is 5.10 Å². The highest BCUT2D eigenvalue weighted by atomic mass is 16.1. The zero-order chi connectivity index (χ0) is 9.97. The van der Waals surface area contributed by atoms with Gasteiger partial charge in [-0.15, -0.1) is 0 Å². The molecule has 0 saturated heterocycles. The van der Waals surface area contributed by atoms with Gasteiger partial charge in [0, 0.05) is 13.1 Å². The molecular formula is C9H14N4O. The number of carbonyl (C=O) groups is 1. The van der Waals surface area contributed by atoms with E-state index in [4.69, 9.17) is 0 Å². The number of aromatic amines is 1. The van der Waals surface area contributed by atoms with Crippen molar-refractivity contribution in [2.45, 2.75) is 25.3 Å². The summed E-state index contributed by atoms with van der Waals surface area (Å²) in [6.07, 6.45) is 4.95. The molecule has 1 aliphatic rings. The van der Waals surface area contributed by atoms with Gasteiger partial charge in [-0.05, 0) is 19.3 Å². The van der Waals surface area contributed by atoms with Gasteiger partial charge in [0.2, 0.25) is 0 Å². The number of anilines is 1. The lowest BCUT2D eigenvalue weighted by atomic mass is 9.93. The summed E-state index contributed by atoms with van der Waals surface area (Å²) >= 11 is 0. The second-order valence-corrected chi connectivity index (χ2v) is 3.51. The molecule has 0 bridgehead atoms. The molecule has 0 atom stereocenters. The first-order chi connectivity index (χ1) is 6.81. The molecule has 1 saturated carbocycles. The summed E-state index contributed by atoms with van der Waals surface area (Å²) < 4.78 is 0. The molecule has 76 valence electrons. The molecule has 1 heterocycles. The highest BCUT2D eigenvalue weighted by Gasteiger charge is 2.21. The van der Waals surface area contributed by atoms with E-state index in [-0.39, 0.29) is 5.91 Å². The topological polar surface area (TPSA) is 69.8 Å². The van der Waals surface area contributed by atoms with Crippen LogP contribution in [0.25, 0.3) is 0 Å². The van der Waals surface area contributed by atoms with Crippen LogP contribution in [0, 0.1) is 0 Å². The van der Waals surface area contributed by atoms with E-state index in [1.54, 1.807) is 13.2 Å². The van der Waals surface area contributed by atoms with Crippen LogP contribution in [0.3, 0.4) is 0 Å². The molecule has 1 amide bonds. The van der Waals surface area contributed by atoms with Crippen LogP contribution in [0.15, 0.2) is 6.20 Å². The standard InChI is InChI=1S/C9H14N4O/c1-10-8-7(5-11-13-8)9(14)12-6-3-2-4-6/h5-6H,2-4H2,1H3,(H,12,14)(H2,10,11,13). The quantitative estimate of drug-likeness (QED) is 0.664. The van der Waals surface area contributed by atoms with E-state index in [0.29, 0.717) is 17.4 Å². The van der Waals surface area contributed by atoms with Gasteiger partial charge >= 0.3 is 0 Å². The molecule has 1 aliphatic carbocycles. The minimum Gasteiger partial charge on any atom is -0.373 e. The Hall–Kier alpha value is -1.52. The molecular weight excluding hydrogens is 180 g/mol. The van der Waals surface area contributed by atoms with Gasteiger partial charge in [-0.1, -0.05) is 0 Å². The summed E-state index contributed by atoms with van der Waals surface area (Å²) in [5.74, 6) is 0.620. The van der Waals surface area contributed by atoms with Crippen molar-refractivity contribution in [2.24, 2.45) is 0 Å². The third-order valence-corrected chi connectivity index (χ3v) is 2.57. The van der Waals surface area contributed by atoms with E-state index in [0.717, 1.165) is 12.8 Å². The fraction of sp³-hybridized carbons (Fsp3) is 0.556. The van der Waals surface area contributed by atoms with Crippen molar-refractivity contribution in [1.82, 2.24) is 15.5 Å². The number of hydrogen-bond donors (Lipinski definition) is 3. The molecule has 1 aromatic rings. The number of rotatable bonds is 3. The maximum atomic E-state index is 11.7. The number of carbonyl (C=O) groups excluding carboxylic acids is 1. The van der Waals surface area contributed by atoms with Crippen molar-refractivity contribution in [3.8, 4) is 0 Å². The minimum absolute atomic E-state index is 0.0483. The first kappa shape index (κ1) is 9.05. The largest absolute Gasteiger partial charge is 0.373 e. The summed E-state index contributed by atoms with van der Waals surface area (Å²) in [6.45, 7) is 0. The highest BCUT2D eigenvalue weighted by molar-refractivity contribution is 5.98. The molecule has 14 heavy (non-hydrogen) atoms. The normalized spacial score (nSPS) is 16.1. The number of hydrogen-bond acceptors (Lipinski definition) is 3. The Morgan fingerprint density at radius 2 is 2.43 bits per heavy atom. The van der Waals surface area contributed by atoms with E-state index in [1.165, 1.54) is 6.42 Å². The number of nitrogens with one attached hydrogen (secondary N) is 3. The van der Waals surface area contributed by atoms with Gasteiger partial charge in [0.1, 0.15) is 11.4 Å². The lowest BCUT2D eigenvalue weighted by Gasteiger charge is -2.26. The number of amides is 1. The van der Waals surface area contributed by atoms with Crippen LogP contribution in [-0.2, 0) is 0 Å². The molecule has 3 N–H and O–H groups in total. The van der Waals surface area contributed by atoms with Gasteiger partial charge < -0.3 is 10.6 Å². The van der Waals surface area contributed by atoms with Crippen molar-refractivity contribution in [2.75, 3.05) is 12.4 Å².